The number of aromatic nitrogens is 4. The number of hydrogen-bond donors (Lipinski definition) is 1. The molecular weight excluding hydrogens is 244 g/mol. The molecule has 1 aromatic rings. The molecule has 0 aliphatic rings. The zero-order chi connectivity index (χ0) is 13.6. The van der Waals surface area contributed by atoms with Gasteiger partial charge in [0, 0.05) is 5.54 Å². The number of ether oxygens (including phenoxy) is 1. The molecule has 1 N–H and O–H groups in total. The van der Waals surface area contributed by atoms with Crippen LogP contribution in [0, 0.1) is 0 Å². The maximum absolute atomic E-state index is 11.8. The SMILES string of the molecule is CC(C)(C)NCc1nnnn1CCOCC(F)F. The van der Waals surface area contributed by atoms with E-state index >= 15 is 0 Å². The number of nitrogens with one attached hydrogen (secondary N) is 1. The molecule has 0 atom stereocenters. The highest BCUT2D eigenvalue weighted by molar-refractivity contribution is 4.83. The Morgan fingerprint density at radius 2 is 2.11 bits per heavy atom. The topological polar surface area (TPSA) is 64.9 Å². The first kappa shape index (κ1) is 14.9. The van der Waals surface area contributed by atoms with Crippen molar-refractivity contribution < 1.29 is 13.5 Å². The Hall–Kier alpha value is -1.15. The van der Waals surface area contributed by atoms with Gasteiger partial charge in [0.2, 0.25) is 0 Å². The van der Waals surface area contributed by atoms with E-state index in [0.717, 1.165) is 0 Å². The molecule has 0 unspecified atom stereocenters. The molecule has 8 heteroatoms. The lowest BCUT2D eigenvalue weighted by Gasteiger charge is -2.19. The summed E-state index contributed by atoms with van der Waals surface area (Å²) in [6.45, 7) is 6.59. The smallest absolute Gasteiger partial charge is 0.261 e. The van der Waals surface area contributed by atoms with Gasteiger partial charge in [-0.1, -0.05) is 0 Å². The van der Waals surface area contributed by atoms with Crippen LogP contribution in [0.3, 0.4) is 0 Å². The fourth-order valence-corrected chi connectivity index (χ4v) is 1.19. The second-order valence-corrected chi connectivity index (χ2v) is 4.89. The molecule has 0 aromatic carbocycles. The maximum Gasteiger partial charge on any atom is 0.261 e. The number of halogens is 2. The van der Waals surface area contributed by atoms with E-state index in [0.29, 0.717) is 18.9 Å². The Kier molecular flexibility index (Phi) is 5.54. The lowest BCUT2D eigenvalue weighted by atomic mass is 10.1. The Balaban J connectivity index is 2.35. The largest absolute Gasteiger partial charge is 0.374 e. The summed E-state index contributed by atoms with van der Waals surface area (Å²) >= 11 is 0. The number of nitrogens with zero attached hydrogens (tertiary/aromatic N) is 4. The predicted octanol–water partition coefficient (Wildman–Crippen LogP) is 0.843. The summed E-state index contributed by atoms with van der Waals surface area (Å²) in [6.07, 6.45) is -2.44. The second kappa shape index (κ2) is 6.69. The van der Waals surface area contributed by atoms with Crippen molar-refractivity contribution in [2.24, 2.45) is 0 Å². The Labute approximate surface area is 105 Å². The van der Waals surface area contributed by atoms with Gasteiger partial charge in [-0.3, -0.25) is 0 Å². The summed E-state index contributed by atoms with van der Waals surface area (Å²) in [7, 11) is 0. The van der Waals surface area contributed by atoms with Crippen molar-refractivity contribution >= 4 is 0 Å². The van der Waals surface area contributed by atoms with E-state index in [1.165, 1.54) is 0 Å². The summed E-state index contributed by atoms with van der Waals surface area (Å²) in [5, 5.41) is 14.5. The van der Waals surface area contributed by atoms with E-state index < -0.39 is 13.0 Å². The molecule has 104 valence electrons. The highest BCUT2D eigenvalue weighted by Gasteiger charge is 2.12. The highest BCUT2D eigenvalue weighted by Crippen LogP contribution is 2.01. The molecule has 0 fully saturated rings. The molecule has 18 heavy (non-hydrogen) atoms. The average molecular weight is 263 g/mol. The van der Waals surface area contributed by atoms with Crippen LogP contribution in [0.2, 0.25) is 0 Å². The summed E-state index contributed by atoms with van der Waals surface area (Å²) in [5.41, 5.74) is -0.0387. The molecule has 0 bridgehead atoms. The standard InChI is InChI=1S/C10H19F2N5O/c1-10(2,3)13-6-9-14-15-16-17(9)4-5-18-7-8(11)12/h8,13H,4-7H2,1-3H3. The maximum atomic E-state index is 11.8. The molecule has 1 rings (SSSR count). The van der Waals surface area contributed by atoms with E-state index in [1.807, 2.05) is 20.8 Å². The van der Waals surface area contributed by atoms with Crippen LogP contribution in [0.5, 0.6) is 0 Å². The van der Waals surface area contributed by atoms with E-state index in [4.69, 9.17) is 4.74 Å². The van der Waals surface area contributed by atoms with Crippen LogP contribution in [-0.4, -0.2) is 45.4 Å². The van der Waals surface area contributed by atoms with Gasteiger partial charge in [-0.05, 0) is 31.2 Å². The van der Waals surface area contributed by atoms with Gasteiger partial charge in [0.25, 0.3) is 6.43 Å². The van der Waals surface area contributed by atoms with Crippen molar-refractivity contribution in [1.29, 1.82) is 0 Å². The number of alkyl halides is 2. The molecule has 0 aliphatic heterocycles. The van der Waals surface area contributed by atoms with Crippen LogP contribution in [0.15, 0.2) is 0 Å². The van der Waals surface area contributed by atoms with Crippen LogP contribution in [0.4, 0.5) is 8.78 Å². The van der Waals surface area contributed by atoms with Crippen LogP contribution in [0.25, 0.3) is 0 Å². The zero-order valence-electron chi connectivity index (χ0n) is 10.9. The molecule has 0 spiro atoms. The number of rotatable bonds is 7. The molecule has 0 radical (unpaired) electrons. The van der Waals surface area contributed by atoms with Crippen LogP contribution >= 0.6 is 0 Å². The third kappa shape index (κ3) is 5.97. The lowest BCUT2D eigenvalue weighted by Crippen LogP contribution is -2.36. The Bertz CT molecular complexity index is 350. The molecule has 0 saturated carbocycles. The van der Waals surface area contributed by atoms with E-state index in [2.05, 4.69) is 20.8 Å². The van der Waals surface area contributed by atoms with Crippen molar-refractivity contribution in [2.45, 2.75) is 45.8 Å². The monoisotopic (exact) mass is 263 g/mol. The first-order valence-corrected chi connectivity index (χ1v) is 5.74. The van der Waals surface area contributed by atoms with Gasteiger partial charge >= 0.3 is 0 Å². The minimum Gasteiger partial charge on any atom is -0.374 e. The van der Waals surface area contributed by atoms with Gasteiger partial charge < -0.3 is 10.1 Å². The molecule has 1 heterocycles. The van der Waals surface area contributed by atoms with Gasteiger partial charge in [0.1, 0.15) is 6.61 Å². The first-order chi connectivity index (χ1) is 8.38. The van der Waals surface area contributed by atoms with Gasteiger partial charge in [0.05, 0.1) is 19.7 Å². The zero-order valence-corrected chi connectivity index (χ0v) is 10.9. The van der Waals surface area contributed by atoms with E-state index in [-0.39, 0.29) is 12.1 Å². The van der Waals surface area contributed by atoms with Gasteiger partial charge in [-0.2, -0.15) is 0 Å². The quantitative estimate of drug-likeness (QED) is 0.739. The third-order valence-electron chi connectivity index (χ3n) is 2.07. The molecular formula is C10H19F2N5O. The third-order valence-corrected chi connectivity index (χ3v) is 2.07. The van der Waals surface area contributed by atoms with Crippen LogP contribution in [-0.2, 0) is 17.8 Å². The predicted molar refractivity (Wildman–Crippen MR) is 61.2 cm³/mol. The van der Waals surface area contributed by atoms with Crippen LogP contribution in [0.1, 0.15) is 26.6 Å². The van der Waals surface area contributed by atoms with Crippen molar-refractivity contribution in [2.75, 3.05) is 13.2 Å². The normalized spacial score (nSPS) is 12.3. The number of hydrogen-bond acceptors (Lipinski definition) is 5. The van der Waals surface area contributed by atoms with Crippen molar-refractivity contribution in [3.63, 3.8) is 0 Å². The Morgan fingerprint density at radius 1 is 1.39 bits per heavy atom. The molecule has 1 aromatic heterocycles. The minimum absolute atomic E-state index is 0.0387. The summed E-state index contributed by atoms with van der Waals surface area (Å²) in [4.78, 5) is 0. The Morgan fingerprint density at radius 3 is 2.72 bits per heavy atom. The van der Waals surface area contributed by atoms with Crippen molar-refractivity contribution in [3.05, 3.63) is 5.82 Å². The van der Waals surface area contributed by atoms with Crippen molar-refractivity contribution in [1.82, 2.24) is 25.5 Å². The molecule has 6 nitrogen and oxygen atoms in total. The average Bonchev–Trinajstić information content (AvgIpc) is 2.68. The first-order valence-electron chi connectivity index (χ1n) is 5.74. The lowest BCUT2D eigenvalue weighted by molar-refractivity contribution is 0.0136. The van der Waals surface area contributed by atoms with Gasteiger partial charge in [0.15, 0.2) is 5.82 Å². The summed E-state index contributed by atoms with van der Waals surface area (Å²) in [5.74, 6) is 0.658. The highest BCUT2D eigenvalue weighted by atomic mass is 19.3. The van der Waals surface area contributed by atoms with E-state index in [1.54, 1.807) is 4.68 Å². The summed E-state index contributed by atoms with van der Waals surface area (Å²) in [6, 6.07) is 0. The summed E-state index contributed by atoms with van der Waals surface area (Å²) < 4.78 is 30.0. The molecule has 0 amide bonds. The minimum atomic E-state index is -2.44. The van der Waals surface area contributed by atoms with E-state index in [9.17, 15) is 8.78 Å². The molecule has 0 aliphatic carbocycles. The van der Waals surface area contributed by atoms with Crippen molar-refractivity contribution in [3.8, 4) is 0 Å². The fourth-order valence-electron chi connectivity index (χ4n) is 1.19. The number of tetrazole rings is 1. The van der Waals surface area contributed by atoms with Gasteiger partial charge in [-0.25, -0.2) is 13.5 Å². The molecule has 0 saturated heterocycles. The van der Waals surface area contributed by atoms with Crippen LogP contribution < -0.4 is 5.32 Å². The fraction of sp³-hybridized carbons (Fsp3) is 0.900. The second-order valence-electron chi connectivity index (χ2n) is 4.89. The van der Waals surface area contributed by atoms with Gasteiger partial charge in [-0.15, -0.1) is 5.10 Å².